The van der Waals surface area contributed by atoms with Crippen molar-refractivity contribution in [2.24, 2.45) is 11.0 Å². The van der Waals surface area contributed by atoms with Crippen molar-refractivity contribution in [3.05, 3.63) is 12.2 Å². The van der Waals surface area contributed by atoms with E-state index in [1.54, 1.807) is 0 Å². The van der Waals surface area contributed by atoms with Gasteiger partial charge in [-0.2, -0.15) is 5.10 Å². The third kappa shape index (κ3) is 4.79. The largest absolute Gasteiger partial charge is 0.306 e. The Morgan fingerprint density at radius 1 is 1.00 bits per heavy atom. The Hall–Kier alpha value is -0.830. The van der Waals surface area contributed by atoms with Crippen LogP contribution in [-0.2, 0) is 0 Å². The molecule has 1 aliphatic rings. The molecule has 0 aliphatic heterocycles. The fraction of sp³-hybridized carbons (Fsp3) is 0.769. The first kappa shape index (κ1) is 13.2. The molecular weight excluding hydrogens is 198 g/mol. The lowest BCUT2D eigenvalue weighted by atomic mass is 9.85. The van der Waals surface area contributed by atoms with Gasteiger partial charge in [0.05, 0.1) is 0 Å². The van der Waals surface area contributed by atoms with Crippen LogP contribution in [0.1, 0.15) is 25.7 Å². The van der Waals surface area contributed by atoms with E-state index in [1.165, 1.54) is 25.7 Å². The highest BCUT2D eigenvalue weighted by atomic mass is 15.4. The Balaban J connectivity index is 2.26. The molecule has 0 aromatic rings. The summed E-state index contributed by atoms with van der Waals surface area (Å²) in [6.45, 7) is 0. The van der Waals surface area contributed by atoms with E-state index in [9.17, 15) is 0 Å². The summed E-state index contributed by atoms with van der Waals surface area (Å²) in [5, 5.41) is 5.98. The van der Waals surface area contributed by atoms with Gasteiger partial charge in [0.2, 0.25) is 0 Å². The molecule has 0 radical (unpaired) electrons. The SMILES string of the molecule is CN(C)N=CC=CC1CCC(N(C)C)CC1. The third-order valence-electron chi connectivity index (χ3n) is 3.24. The molecule has 0 unspecified atom stereocenters. The Labute approximate surface area is 99.8 Å². The van der Waals surface area contributed by atoms with Crippen LogP contribution in [0.3, 0.4) is 0 Å². The molecule has 3 nitrogen and oxygen atoms in total. The highest BCUT2D eigenvalue weighted by molar-refractivity contribution is 5.70. The Kier molecular flexibility index (Phi) is 5.53. The molecule has 1 fully saturated rings. The summed E-state index contributed by atoms with van der Waals surface area (Å²) in [5.41, 5.74) is 0. The first-order chi connectivity index (χ1) is 7.59. The van der Waals surface area contributed by atoms with Gasteiger partial charge in [0.15, 0.2) is 0 Å². The highest BCUT2D eigenvalue weighted by Crippen LogP contribution is 2.27. The van der Waals surface area contributed by atoms with Crippen molar-refractivity contribution in [3.63, 3.8) is 0 Å². The minimum atomic E-state index is 0.754. The molecule has 0 aromatic carbocycles. The zero-order chi connectivity index (χ0) is 12.0. The Morgan fingerprint density at radius 3 is 2.12 bits per heavy atom. The normalized spacial score (nSPS) is 27.1. The average Bonchev–Trinajstić information content (AvgIpc) is 2.25. The molecule has 16 heavy (non-hydrogen) atoms. The predicted molar refractivity (Wildman–Crippen MR) is 70.8 cm³/mol. The molecule has 0 atom stereocenters. The number of hydrogen-bond donors (Lipinski definition) is 0. The number of hydrazone groups is 1. The highest BCUT2D eigenvalue weighted by Gasteiger charge is 2.20. The van der Waals surface area contributed by atoms with Crippen LogP contribution in [0.2, 0.25) is 0 Å². The number of hydrogen-bond acceptors (Lipinski definition) is 3. The van der Waals surface area contributed by atoms with Crippen LogP contribution < -0.4 is 0 Å². The summed E-state index contributed by atoms with van der Waals surface area (Å²) in [6.07, 6.45) is 11.5. The molecule has 0 spiro atoms. The molecule has 0 saturated heterocycles. The quantitative estimate of drug-likeness (QED) is 0.537. The van der Waals surface area contributed by atoms with Crippen molar-refractivity contribution in [3.8, 4) is 0 Å². The summed E-state index contributed by atoms with van der Waals surface area (Å²) in [6, 6.07) is 0.792. The third-order valence-corrected chi connectivity index (χ3v) is 3.24. The smallest absolute Gasteiger partial charge is 0.0467 e. The topological polar surface area (TPSA) is 18.8 Å². The van der Waals surface area contributed by atoms with Gasteiger partial charge < -0.3 is 9.91 Å². The first-order valence-electron chi connectivity index (χ1n) is 6.14. The standard InChI is InChI=1S/C13H25N3/c1-15(2)13-9-7-12(8-10-13)6-5-11-14-16(3)4/h5-6,11-13H,7-10H2,1-4H3. The zero-order valence-corrected chi connectivity index (χ0v) is 11.1. The van der Waals surface area contributed by atoms with Crippen LogP contribution >= 0.6 is 0 Å². The van der Waals surface area contributed by atoms with Gasteiger partial charge in [0, 0.05) is 26.4 Å². The van der Waals surface area contributed by atoms with Crippen molar-refractivity contribution in [1.82, 2.24) is 9.91 Å². The van der Waals surface area contributed by atoms with Crippen LogP contribution in [0, 0.1) is 5.92 Å². The van der Waals surface area contributed by atoms with Crippen molar-refractivity contribution >= 4 is 6.21 Å². The molecule has 1 aliphatic carbocycles. The van der Waals surface area contributed by atoms with E-state index in [1.807, 2.05) is 25.3 Å². The van der Waals surface area contributed by atoms with Crippen LogP contribution in [0.4, 0.5) is 0 Å². The summed E-state index contributed by atoms with van der Waals surface area (Å²) < 4.78 is 0. The molecule has 0 aromatic heterocycles. The maximum Gasteiger partial charge on any atom is 0.0467 e. The van der Waals surface area contributed by atoms with E-state index < -0.39 is 0 Å². The van der Waals surface area contributed by atoms with Crippen molar-refractivity contribution in [1.29, 1.82) is 0 Å². The summed E-state index contributed by atoms with van der Waals surface area (Å²) in [4.78, 5) is 2.35. The fourth-order valence-corrected chi connectivity index (χ4v) is 2.19. The van der Waals surface area contributed by atoms with E-state index in [-0.39, 0.29) is 0 Å². The van der Waals surface area contributed by atoms with Crippen LogP contribution in [0.25, 0.3) is 0 Å². The molecule has 0 N–H and O–H groups in total. The summed E-state index contributed by atoms with van der Waals surface area (Å²) in [5.74, 6) is 0.754. The number of allylic oxidation sites excluding steroid dienone is 2. The lowest BCUT2D eigenvalue weighted by Gasteiger charge is -2.31. The number of nitrogens with zero attached hydrogens (tertiary/aromatic N) is 3. The Bertz CT molecular complexity index is 236. The van der Waals surface area contributed by atoms with Gasteiger partial charge in [-0.05, 0) is 51.8 Å². The van der Waals surface area contributed by atoms with Gasteiger partial charge in [0.25, 0.3) is 0 Å². The molecule has 0 bridgehead atoms. The lowest BCUT2D eigenvalue weighted by Crippen LogP contribution is -2.31. The monoisotopic (exact) mass is 223 g/mol. The van der Waals surface area contributed by atoms with Gasteiger partial charge in [0.1, 0.15) is 0 Å². The molecular formula is C13H25N3. The maximum atomic E-state index is 4.17. The summed E-state index contributed by atoms with van der Waals surface area (Å²) in [7, 11) is 8.24. The average molecular weight is 223 g/mol. The lowest BCUT2D eigenvalue weighted by molar-refractivity contribution is 0.209. The molecule has 1 rings (SSSR count). The van der Waals surface area contributed by atoms with E-state index in [4.69, 9.17) is 0 Å². The molecule has 0 amide bonds. The van der Waals surface area contributed by atoms with Crippen LogP contribution in [-0.4, -0.2) is 50.4 Å². The van der Waals surface area contributed by atoms with E-state index in [0.717, 1.165) is 12.0 Å². The number of rotatable bonds is 4. The van der Waals surface area contributed by atoms with Gasteiger partial charge in [-0.25, -0.2) is 0 Å². The second-order valence-corrected chi connectivity index (χ2v) is 5.03. The van der Waals surface area contributed by atoms with E-state index >= 15 is 0 Å². The first-order valence-corrected chi connectivity index (χ1v) is 6.14. The molecule has 1 saturated carbocycles. The molecule has 3 heteroatoms. The molecule has 0 heterocycles. The maximum absolute atomic E-state index is 4.17. The minimum absolute atomic E-state index is 0.754. The van der Waals surface area contributed by atoms with Gasteiger partial charge in [-0.1, -0.05) is 6.08 Å². The van der Waals surface area contributed by atoms with Crippen molar-refractivity contribution < 1.29 is 0 Å². The Morgan fingerprint density at radius 2 is 1.62 bits per heavy atom. The summed E-state index contributed by atoms with van der Waals surface area (Å²) >= 11 is 0. The van der Waals surface area contributed by atoms with E-state index in [2.05, 4.69) is 36.2 Å². The van der Waals surface area contributed by atoms with E-state index in [0.29, 0.717) is 0 Å². The van der Waals surface area contributed by atoms with Gasteiger partial charge in [-0.15, -0.1) is 0 Å². The van der Waals surface area contributed by atoms with Crippen molar-refractivity contribution in [2.45, 2.75) is 31.7 Å². The zero-order valence-electron chi connectivity index (χ0n) is 11.1. The molecule has 92 valence electrons. The minimum Gasteiger partial charge on any atom is -0.306 e. The second-order valence-electron chi connectivity index (χ2n) is 5.03. The van der Waals surface area contributed by atoms with Crippen LogP contribution in [0.15, 0.2) is 17.3 Å². The predicted octanol–water partition coefficient (Wildman–Crippen LogP) is 2.21. The van der Waals surface area contributed by atoms with Gasteiger partial charge in [-0.3, -0.25) is 0 Å². The van der Waals surface area contributed by atoms with Crippen molar-refractivity contribution in [2.75, 3.05) is 28.2 Å². The second kappa shape index (κ2) is 6.69. The van der Waals surface area contributed by atoms with Crippen LogP contribution in [0.5, 0.6) is 0 Å². The fourth-order valence-electron chi connectivity index (χ4n) is 2.19. The van der Waals surface area contributed by atoms with Gasteiger partial charge >= 0.3 is 0 Å².